The van der Waals surface area contributed by atoms with Gasteiger partial charge in [0.05, 0.1) is 10.4 Å². The highest BCUT2D eigenvalue weighted by Gasteiger charge is 2.17. The van der Waals surface area contributed by atoms with Gasteiger partial charge in [0.1, 0.15) is 11.3 Å². The molecule has 0 bridgehead atoms. The molecule has 4 nitrogen and oxygen atoms in total. The molecule has 5 heteroatoms. The third kappa shape index (κ3) is 2.56. The Bertz CT molecular complexity index is 897. The van der Waals surface area contributed by atoms with Gasteiger partial charge in [-0.15, -0.1) is 0 Å². The maximum Gasteiger partial charge on any atom is 0.177 e. The number of aromatic nitrogens is 2. The topological polar surface area (TPSA) is 52.0 Å². The first kappa shape index (κ1) is 13.8. The highest BCUT2D eigenvalue weighted by molar-refractivity contribution is 7.91. The van der Waals surface area contributed by atoms with Crippen LogP contribution in [0.4, 0.5) is 0 Å². The molecule has 0 aliphatic heterocycles. The highest BCUT2D eigenvalue weighted by atomic mass is 32.2. The largest absolute Gasteiger partial charge is 0.324 e. The van der Waals surface area contributed by atoms with E-state index in [4.69, 9.17) is 0 Å². The molecular formula is C16H16N2O2S. The van der Waals surface area contributed by atoms with Crippen LogP contribution in [0.25, 0.3) is 11.0 Å². The van der Waals surface area contributed by atoms with E-state index < -0.39 is 9.84 Å². The first-order chi connectivity index (χ1) is 9.97. The zero-order valence-electron chi connectivity index (χ0n) is 11.9. The second-order valence-corrected chi connectivity index (χ2v) is 7.11. The summed E-state index contributed by atoms with van der Waals surface area (Å²) in [5, 5.41) is 0. The SMILES string of the molecule is Cc1nc2c(S(C)(=O)=O)cccc2n1Cc1ccccc1. The third-order valence-corrected chi connectivity index (χ3v) is 4.64. The molecule has 0 N–H and O–H groups in total. The van der Waals surface area contributed by atoms with E-state index in [0.29, 0.717) is 12.1 Å². The minimum Gasteiger partial charge on any atom is -0.324 e. The van der Waals surface area contributed by atoms with Crippen molar-refractivity contribution in [1.29, 1.82) is 0 Å². The van der Waals surface area contributed by atoms with Crippen LogP contribution in [0.5, 0.6) is 0 Å². The molecule has 0 saturated heterocycles. The van der Waals surface area contributed by atoms with E-state index >= 15 is 0 Å². The van der Waals surface area contributed by atoms with E-state index in [1.165, 1.54) is 6.26 Å². The van der Waals surface area contributed by atoms with E-state index in [-0.39, 0.29) is 4.90 Å². The molecule has 1 aromatic heterocycles. The maximum atomic E-state index is 11.9. The summed E-state index contributed by atoms with van der Waals surface area (Å²) in [6, 6.07) is 15.3. The summed E-state index contributed by atoms with van der Waals surface area (Å²) in [5.74, 6) is 0.810. The summed E-state index contributed by atoms with van der Waals surface area (Å²) in [6.07, 6.45) is 1.22. The van der Waals surface area contributed by atoms with E-state index in [2.05, 4.69) is 4.98 Å². The quantitative estimate of drug-likeness (QED) is 0.747. The molecule has 21 heavy (non-hydrogen) atoms. The average molecular weight is 300 g/mol. The van der Waals surface area contributed by atoms with Gasteiger partial charge in [0, 0.05) is 12.8 Å². The molecule has 0 aliphatic carbocycles. The Morgan fingerprint density at radius 1 is 1.05 bits per heavy atom. The van der Waals surface area contributed by atoms with Crippen LogP contribution in [0.1, 0.15) is 11.4 Å². The molecule has 3 aromatic rings. The normalized spacial score (nSPS) is 11.9. The lowest BCUT2D eigenvalue weighted by Crippen LogP contribution is -2.02. The van der Waals surface area contributed by atoms with Crippen LogP contribution in [0.15, 0.2) is 53.4 Å². The summed E-state index contributed by atoms with van der Waals surface area (Å²) in [4.78, 5) is 4.75. The van der Waals surface area contributed by atoms with E-state index in [1.807, 2.05) is 47.9 Å². The van der Waals surface area contributed by atoms with Gasteiger partial charge in [-0.3, -0.25) is 0 Å². The summed E-state index contributed by atoms with van der Waals surface area (Å²) >= 11 is 0. The van der Waals surface area contributed by atoms with Crippen molar-refractivity contribution in [2.45, 2.75) is 18.4 Å². The van der Waals surface area contributed by atoms with Crippen molar-refractivity contribution in [3.8, 4) is 0 Å². The van der Waals surface area contributed by atoms with Crippen molar-refractivity contribution in [2.75, 3.05) is 6.26 Å². The number of para-hydroxylation sites is 1. The Kier molecular flexibility index (Phi) is 3.29. The summed E-state index contributed by atoms with van der Waals surface area (Å²) in [7, 11) is -3.28. The Labute approximate surface area is 124 Å². The van der Waals surface area contributed by atoms with Crippen molar-refractivity contribution in [2.24, 2.45) is 0 Å². The number of nitrogens with zero attached hydrogens (tertiary/aromatic N) is 2. The molecule has 0 fully saturated rings. The maximum absolute atomic E-state index is 11.9. The van der Waals surface area contributed by atoms with Gasteiger partial charge >= 0.3 is 0 Å². The fourth-order valence-corrected chi connectivity index (χ4v) is 3.33. The fourth-order valence-electron chi connectivity index (χ4n) is 2.50. The monoisotopic (exact) mass is 300 g/mol. The molecule has 0 aliphatic rings. The molecule has 108 valence electrons. The van der Waals surface area contributed by atoms with Gasteiger partial charge in [0.25, 0.3) is 0 Å². The first-order valence-corrected chi connectivity index (χ1v) is 8.56. The number of benzene rings is 2. The smallest absolute Gasteiger partial charge is 0.177 e. The van der Waals surface area contributed by atoms with Crippen molar-refractivity contribution in [3.63, 3.8) is 0 Å². The summed E-state index contributed by atoms with van der Waals surface area (Å²) in [5.41, 5.74) is 2.55. The van der Waals surface area contributed by atoms with Crippen molar-refractivity contribution < 1.29 is 8.42 Å². The van der Waals surface area contributed by atoms with Crippen LogP contribution in [-0.4, -0.2) is 24.2 Å². The van der Waals surface area contributed by atoms with Crippen LogP contribution in [-0.2, 0) is 16.4 Å². The van der Waals surface area contributed by atoms with E-state index in [9.17, 15) is 8.42 Å². The van der Waals surface area contributed by atoms with Gasteiger partial charge in [0.15, 0.2) is 9.84 Å². The lowest BCUT2D eigenvalue weighted by Gasteiger charge is -2.07. The minimum atomic E-state index is -3.28. The van der Waals surface area contributed by atoms with Crippen LogP contribution < -0.4 is 0 Å². The van der Waals surface area contributed by atoms with Crippen LogP contribution in [0, 0.1) is 6.92 Å². The van der Waals surface area contributed by atoms with E-state index in [1.54, 1.807) is 12.1 Å². The minimum absolute atomic E-state index is 0.287. The molecule has 0 atom stereocenters. The molecule has 0 amide bonds. The predicted octanol–water partition coefficient (Wildman–Crippen LogP) is 2.80. The zero-order valence-corrected chi connectivity index (χ0v) is 12.8. The van der Waals surface area contributed by atoms with Crippen LogP contribution >= 0.6 is 0 Å². The van der Waals surface area contributed by atoms with Crippen molar-refractivity contribution in [3.05, 3.63) is 59.9 Å². The number of sulfone groups is 1. The Balaban J connectivity index is 2.19. The summed E-state index contributed by atoms with van der Waals surface area (Å²) in [6.45, 7) is 2.57. The molecular weight excluding hydrogens is 284 g/mol. The fraction of sp³-hybridized carbons (Fsp3) is 0.188. The van der Waals surface area contributed by atoms with Gasteiger partial charge in [-0.2, -0.15) is 0 Å². The molecule has 3 rings (SSSR count). The van der Waals surface area contributed by atoms with Crippen LogP contribution in [0.3, 0.4) is 0 Å². The van der Waals surface area contributed by atoms with Crippen LogP contribution in [0.2, 0.25) is 0 Å². The number of hydrogen-bond donors (Lipinski definition) is 0. The number of rotatable bonds is 3. The third-order valence-electron chi connectivity index (χ3n) is 3.52. The molecule has 0 radical (unpaired) electrons. The molecule has 0 spiro atoms. The predicted molar refractivity (Wildman–Crippen MR) is 83.1 cm³/mol. The highest BCUT2D eigenvalue weighted by Crippen LogP contribution is 2.24. The second-order valence-electron chi connectivity index (χ2n) is 5.13. The van der Waals surface area contributed by atoms with Gasteiger partial charge in [-0.25, -0.2) is 13.4 Å². The second kappa shape index (κ2) is 5.00. The Morgan fingerprint density at radius 3 is 2.43 bits per heavy atom. The van der Waals surface area contributed by atoms with Gasteiger partial charge in [-0.1, -0.05) is 36.4 Å². The van der Waals surface area contributed by atoms with Crippen molar-refractivity contribution >= 4 is 20.9 Å². The molecule has 0 unspecified atom stereocenters. The molecule has 0 saturated carbocycles. The number of hydrogen-bond acceptors (Lipinski definition) is 3. The van der Waals surface area contributed by atoms with Crippen molar-refractivity contribution in [1.82, 2.24) is 9.55 Å². The zero-order chi connectivity index (χ0) is 15.0. The van der Waals surface area contributed by atoms with Gasteiger partial charge in [0.2, 0.25) is 0 Å². The molecule has 1 heterocycles. The lowest BCUT2D eigenvalue weighted by molar-refractivity contribution is 0.602. The first-order valence-electron chi connectivity index (χ1n) is 6.66. The summed E-state index contributed by atoms with van der Waals surface area (Å²) < 4.78 is 25.8. The van der Waals surface area contributed by atoms with E-state index in [0.717, 1.165) is 16.9 Å². The standard InChI is InChI=1S/C16H16N2O2S/c1-12-17-16-14(9-6-10-15(16)21(2,19)20)18(12)11-13-7-4-3-5-8-13/h3-10H,11H2,1-2H3. The number of aryl methyl sites for hydroxylation is 1. The van der Waals surface area contributed by atoms with Gasteiger partial charge in [-0.05, 0) is 24.6 Å². The molecule has 2 aromatic carbocycles. The number of imidazole rings is 1. The van der Waals surface area contributed by atoms with Gasteiger partial charge < -0.3 is 4.57 Å². The Morgan fingerprint density at radius 2 is 1.76 bits per heavy atom. The average Bonchev–Trinajstić information content (AvgIpc) is 2.75. The lowest BCUT2D eigenvalue weighted by atomic mass is 10.2. The Hall–Kier alpha value is -2.14. The number of fused-ring (bicyclic) bond motifs is 1.